The Bertz CT molecular complexity index is 906. The molecule has 2 amide bonds. The Morgan fingerprint density at radius 1 is 1.12 bits per heavy atom. The lowest BCUT2D eigenvalue weighted by atomic mass is 10.2. The zero-order valence-corrected chi connectivity index (χ0v) is 13.5. The van der Waals surface area contributed by atoms with Crippen LogP contribution in [-0.4, -0.2) is 38.2 Å². The summed E-state index contributed by atoms with van der Waals surface area (Å²) in [6.07, 6.45) is 0. The summed E-state index contributed by atoms with van der Waals surface area (Å²) in [7, 11) is -2.47. The van der Waals surface area contributed by atoms with Crippen molar-refractivity contribution in [2.24, 2.45) is 0 Å². The lowest BCUT2D eigenvalue weighted by molar-refractivity contribution is -0.116. The van der Waals surface area contributed by atoms with Crippen LogP contribution < -0.4 is 10.1 Å². The minimum absolute atomic E-state index is 0.0766. The Balaban J connectivity index is 1.76. The topological polar surface area (TPSA) is 92.8 Å². The van der Waals surface area contributed by atoms with Gasteiger partial charge in [-0.2, -0.15) is 0 Å². The number of benzene rings is 2. The van der Waals surface area contributed by atoms with Gasteiger partial charge in [-0.1, -0.05) is 12.1 Å². The standard InChI is InChI=1S/C16H14N2O5S/c1-23-12-8-6-11(7-9-12)17-15(19)10-18-16(20)13-4-2-3-5-14(13)24(18,21)22/h2-9H,10H2,1H3,(H,17,19). The second kappa shape index (κ2) is 5.97. The maximum Gasteiger partial charge on any atom is 0.269 e. The van der Waals surface area contributed by atoms with E-state index in [1.54, 1.807) is 30.3 Å². The summed E-state index contributed by atoms with van der Waals surface area (Å²) in [4.78, 5) is 24.3. The number of carbonyl (C=O) groups excluding carboxylic acids is 2. The van der Waals surface area contributed by atoms with Crippen LogP contribution in [0.2, 0.25) is 0 Å². The van der Waals surface area contributed by atoms with E-state index >= 15 is 0 Å². The first-order chi connectivity index (χ1) is 11.4. The molecule has 8 heteroatoms. The number of sulfonamides is 1. The van der Waals surface area contributed by atoms with Crippen molar-refractivity contribution < 1.29 is 22.7 Å². The third-order valence-corrected chi connectivity index (χ3v) is 5.36. The minimum Gasteiger partial charge on any atom is -0.497 e. The van der Waals surface area contributed by atoms with Crippen molar-refractivity contribution in [3.63, 3.8) is 0 Å². The van der Waals surface area contributed by atoms with Crippen LogP contribution in [0.5, 0.6) is 5.75 Å². The summed E-state index contributed by atoms with van der Waals surface area (Å²) in [5.74, 6) is -0.680. The molecule has 24 heavy (non-hydrogen) atoms. The number of carbonyl (C=O) groups is 2. The summed E-state index contributed by atoms with van der Waals surface area (Å²) < 4.78 is 30.3. The van der Waals surface area contributed by atoms with Gasteiger partial charge in [-0.05, 0) is 36.4 Å². The number of rotatable bonds is 4. The van der Waals surface area contributed by atoms with E-state index in [4.69, 9.17) is 4.74 Å². The summed E-state index contributed by atoms with van der Waals surface area (Å²) in [5, 5.41) is 2.55. The molecule has 0 radical (unpaired) electrons. The van der Waals surface area contributed by atoms with Gasteiger partial charge < -0.3 is 10.1 Å². The normalized spacial score (nSPS) is 15.0. The fourth-order valence-electron chi connectivity index (χ4n) is 2.39. The molecule has 0 saturated heterocycles. The number of methoxy groups -OCH3 is 1. The fourth-order valence-corrected chi connectivity index (χ4v) is 3.92. The molecule has 3 rings (SSSR count). The van der Waals surface area contributed by atoms with Gasteiger partial charge in [0.2, 0.25) is 5.91 Å². The first-order valence-electron chi connectivity index (χ1n) is 7.03. The molecule has 1 N–H and O–H groups in total. The van der Waals surface area contributed by atoms with E-state index < -0.39 is 28.4 Å². The molecule has 0 spiro atoms. The molecule has 7 nitrogen and oxygen atoms in total. The van der Waals surface area contributed by atoms with Gasteiger partial charge in [-0.15, -0.1) is 0 Å². The average molecular weight is 346 g/mol. The molecule has 0 saturated carbocycles. The molecule has 1 heterocycles. The lowest BCUT2D eigenvalue weighted by Crippen LogP contribution is -2.37. The maximum absolute atomic E-state index is 12.4. The zero-order valence-electron chi connectivity index (χ0n) is 12.7. The van der Waals surface area contributed by atoms with Crippen LogP contribution in [0.25, 0.3) is 0 Å². The van der Waals surface area contributed by atoms with Crippen LogP contribution in [0.1, 0.15) is 10.4 Å². The van der Waals surface area contributed by atoms with Crippen LogP contribution in [0.3, 0.4) is 0 Å². The van der Waals surface area contributed by atoms with Crippen molar-refractivity contribution in [3.05, 3.63) is 54.1 Å². The highest BCUT2D eigenvalue weighted by Gasteiger charge is 2.41. The number of anilines is 1. The summed E-state index contributed by atoms with van der Waals surface area (Å²) in [6.45, 7) is -0.581. The van der Waals surface area contributed by atoms with Crippen molar-refractivity contribution >= 4 is 27.5 Å². The van der Waals surface area contributed by atoms with Crippen molar-refractivity contribution in [2.45, 2.75) is 4.90 Å². The van der Waals surface area contributed by atoms with Gasteiger partial charge in [-0.3, -0.25) is 9.59 Å². The van der Waals surface area contributed by atoms with E-state index in [1.807, 2.05) is 0 Å². The Hall–Kier alpha value is -2.87. The predicted molar refractivity (Wildman–Crippen MR) is 86.3 cm³/mol. The monoisotopic (exact) mass is 346 g/mol. The largest absolute Gasteiger partial charge is 0.497 e. The fraction of sp³-hybridized carbons (Fsp3) is 0.125. The van der Waals surface area contributed by atoms with E-state index in [2.05, 4.69) is 5.32 Å². The Morgan fingerprint density at radius 2 is 1.79 bits per heavy atom. The average Bonchev–Trinajstić information content (AvgIpc) is 2.77. The van der Waals surface area contributed by atoms with Crippen LogP contribution in [-0.2, 0) is 14.8 Å². The van der Waals surface area contributed by atoms with Crippen LogP contribution in [0, 0.1) is 0 Å². The highest BCUT2D eigenvalue weighted by molar-refractivity contribution is 7.90. The molecule has 1 aliphatic rings. The molecule has 0 bridgehead atoms. The maximum atomic E-state index is 12.4. The van der Waals surface area contributed by atoms with E-state index in [1.165, 1.54) is 25.3 Å². The molecular formula is C16H14N2O5S. The van der Waals surface area contributed by atoms with Crippen molar-refractivity contribution in [2.75, 3.05) is 19.0 Å². The summed E-state index contributed by atoms with van der Waals surface area (Å²) >= 11 is 0. The van der Waals surface area contributed by atoms with Gasteiger partial charge in [0.05, 0.1) is 12.7 Å². The lowest BCUT2D eigenvalue weighted by Gasteiger charge is -2.14. The van der Waals surface area contributed by atoms with Gasteiger partial charge >= 0.3 is 0 Å². The van der Waals surface area contributed by atoms with E-state index in [-0.39, 0.29) is 10.5 Å². The number of ether oxygens (including phenoxy) is 1. The second-order valence-electron chi connectivity index (χ2n) is 5.09. The van der Waals surface area contributed by atoms with Crippen molar-refractivity contribution in [1.82, 2.24) is 4.31 Å². The third kappa shape index (κ3) is 2.71. The molecular weight excluding hydrogens is 332 g/mol. The molecule has 0 unspecified atom stereocenters. The number of amides is 2. The molecule has 0 aromatic heterocycles. The highest BCUT2D eigenvalue weighted by Crippen LogP contribution is 2.29. The van der Waals surface area contributed by atoms with E-state index in [9.17, 15) is 18.0 Å². The van der Waals surface area contributed by atoms with E-state index in [0.29, 0.717) is 15.7 Å². The quantitative estimate of drug-likeness (QED) is 0.905. The minimum atomic E-state index is -3.99. The number of nitrogens with zero attached hydrogens (tertiary/aromatic N) is 1. The molecule has 1 aliphatic heterocycles. The number of hydrogen-bond donors (Lipinski definition) is 1. The molecule has 124 valence electrons. The summed E-state index contributed by atoms with van der Waals surface area (Å²) in [6, 6.07) is 12.4. The van der Waals surface area contributed by atoms with Crippen molar-refractivity contribution in [1.29, 1.82) is 0 Å². The predicted octanol–water partition coefficient (Wildman–Crippen LogP) is 1.48. The van der Waals surface area contributed by atoms with Gasteiger partial charge in [0.15, 0.2) is 0 Å². The van der Waals surface area contributed by atoms with Crippen LogP contribution in [0.4, 0.5) is 5.69 Å². The van der Waals surface area contributed by atoms with Gasteiger partial charge in [-0.25, -0.2) is 12.7 Å². The first-order valence-corrected chi connectivity index (χ1v) is 8.47. The molecule has 0 atom stereocenters. The molecule has 2 aromatic rings. The number of hydrogen-bond acceptors (Lipinski definition) is 5. The van der Waals surface area contributed by atoms with Crippen LogP contribution >= 0.6 is 0 Å². The van der Waals surface area contributed by atoms with Crippen molar-refractivity contribution in [3.8, 4) is 5.75 Å². The summed E-state index contributed by atoms with van der Waals surface area (Å²) in [5.41, 5.74) is 0.553. The molecule has 0 fully saturated rings. The van der Waals surface area contributed by atoms with Gasteiger partial charge in [0.1, 0.15) is 17.2 Å². The third-order valence-electron chi connectivity index (χ3n) is 3.57. The van der Waals surface area contributed by atoms with Gasteiger partial charge in [0.25, 0.3) is 15.9 Å². The molecule has 2 aromatic carbocycles. The Morgan fingerprint density at radius 3 is 2.42 bits per heavy atom. The molecule has 0 aliphatic carbocycles. The highest BCUT2D eigenvalue weighted by atomic mass is 32.2. The Labute approximate surface area is 138 Å². The Kier molecular flexibility index (Phi) is 3.98. The van der Waals surface area contributed by atoms with Crippen LogP contribution in [0.15, 0.2) is 53.4 Å². The van der Waals surface area contributed by atoms with E-state index in [0.717, 1.165) is 0 Å². The first kappa shape index (κ1) is 16.0. The van der Waals surface area contributed by atoms with Gasteiger partial charge in [0, 0.05) is 5.69 Å². The zero-order chi connectivity index (χ0) is 17.3. The number of nitrogens with one attached hydrogen (secondary N) is 1. The smallest absolute Gasteiger partial charge is 0.269 e. The number of fused-ring (bicyclic) bond motifs is 1. The SMILES string of the molecule is COc1ccc(NC(=O)CN2C(=O)c3ccccc3S2(=O)=O)cc1. The second-order valence-corrected chi connectivity index (χ2v) is 6.92.